The highest BCUT2D eigenvalue weighted by molar-refractivity contribution is 7.89. The number of anilines is 1. The molecule has 33 heavy (non-hydrogen) atoms. The van der Waals surface area contributed by atoms with Gasteiger partial charge in [0.1, 0.15) is 0 Å². The summed E-state index contributed by atoms with van der Waals surface area (Å²) in [5.41, 5.74) is 3.67. The number of nitrogens with one attached hydrogen (secondary N) is 1. The van der Waals surface area contributed by atoms with Gasteiger partial charge in [-0.25, -0.2) is 8.42 Å². The van der Waals surface area contributed by atoms with Gasteiger partial charge in [0.05, 0.1) is 11.8 Å². The molecule has 1 unspecified atom stereocenters. The maximum Gasteiger partial charge on any atom is 0.254 e. The molecule has 7 heteroatoms. The van der Waals surface area contributed by atoms with Crippen LogP contribution >= 0.6 is 0 Å². The van der Waals surface area contributed by atoms with E-state index in [9.17, 15) is 18.0 Å². The van der Waals surface area contributed by atoms with Gasteiger partial charge in [0, 0.05) is 31.0 Å². The lowest BCUT2D eigenvalue weighted by molar-refractivity contribution is -0.114. The van der Waals surface area contributed by atoms with Crippen LogP contribution in [-0.4, -0.2) is 31.4 Å². The Morgan fingerprint density at radius 2 is 1.58 bits per heavy atom. The largest absolute Gasteiger partial charge is 0.328 e. The zero-order valence-corrected chi connectivity index (χ0v) is 19.8. The second-order valence-electron chi connectivity index (χ2n) is 8.17. The van der Waals surface area contributed by atoms with Crippen LogP contribution < -0.4 is 5.32 Å². The maximum absolute atomic E-state index is 13.6. The van der Waals surface area contributed by atoms with E-state index in [2.05, 4.69) is 5.32 Å². The Morgan fingerprint density at radius 1 is 0.909 bits per heavy atom. The van der Waals surface area contributed by atoms with E-state index in [1.54, 1.807) is 29.2 Å². The molecule has 0 aliphatic carbocycles. The van der Waals surface area contributed by atoms with Gasteiger partial charge in [-0.2, -0.15) is 0 Å². The number of hydrogen-bond donors (Lipinski definition) is 1. The lowest BCUT2D eigenvalue weighted by Gasteiger charge is -2.30. The van der Waals surface area contributed by atoms with E-state index in [0.717, 1.165) is 11.1 Å². The summed E-state index contributed by atoms with van der Waals surface area (Å²) < 4.78 is 23.1. The summed E-state index contributed by atoms with van der Waals surface area (Å²) in [5, 5.41) is 2.78. The standard InChI is InChI=1S/C26H28N2O4S/c1-19(24-10-7-11-25(16-24)27-20(2)29)28(17-21-8-5-4-6-9-21)26(30)23-14-12-22(13-15-23)18-33(3,31)32/h4-16,19H,17-18H2,1-3H3,(H,27,29). The number of carbonyl (C=O) groups excluding carboxylic acids is 2. The highest BCUT2D eigenvalue weighted by atomic mass is 32.2. The van der Waals surface area contributed by atoms with Crippen LogP contribution in [0.1, 0.15) is 46.9 Å². The molecule has 0 aromatic heterocycles. The minimum atomic E-state index is -3.15. The van der Waals surface area contributed by atoms with Gasteiger partial charge in [-0.05, 0) is 47.9 Å². The SMILES string of the molecule is CC(=O)Nc1cccc(C(C)N(Cc2ccccc2)C(=O)c2ccc(CS(C)(=O)=O)cc2)c1. The molecule has 0 radical (unpaired) electrons. The van der Waals surface area contributed by atoms with Crippen molar-refractivity contribution in [3.05, 3.63) is 101 Å². The molecular formula is C26H28N2O4S. The topological polar surface area (TPSA) is 83.6 Å². The Morgan fingerprint density at radius 3 is 2.18 bits per heavy atom. The Labute approximate surface area is 195 Å². The van der Waals surface area contributed by atoms with Crippen molar-refractivity contribution in [2.24, 2.45) is 0 Å². The van der Waals surface area contributed by atoms with Gasteiger partial charge >= 0.3 is 0 Å². The molecule has 3 aromatic carbocycles. The normalized spacial score (nSPS) is 12.1. The Kier molecular flexibility index (Phi) is 7.66. The molecule has 0 aliphatic heterocycles. The number of benzene rings is 3. The molecule has 0 bridgehead atoms. The van der Waals surface area contributed by atoms with Crippen molar-refractivity contribution in [1.82, 2.24) is 4.90 Å². The van der Waals surface area contributed by atoms with E-state index in [1.165, 1.54) is 13.2 Å². The number of carbonyl (C=O) groups is 2. The molecule has 3 aromatic rings. The average molecular weight is 465 g/mol. The van der Waals surface area contributed by atoms with E-state index in [4.69, 9.17) is 0 Å². The van der Waals surface area contributed by atoms with Crippen LogP contribution in [0.2, 0.25) is 0 Å². The van der Waals surface area contributed by atoms with Crippen LogP contribution in [-0.2, 0) is 26.9 Å². The number of hydrogen-bond acceptors (Lipinski definition) is 4. The van der Waals surface area contributed by atoms with E-state index in [1.807, 2.05) is 61.5 Å². The van der Waals surface area contributed by atoms with Crippen LogP contribution in [0.5, 0.6) is 0 Å². The summed E-state index contributed by atoms with van der Waals surface area (Å²) >= 11 is 0. The molecule has 1 atom stereocenters. The Balaban J connectivity index is 1.92. The van der Waals surface area contributed by atoms with E-state index in [-0.39, 0.29) is 23.6 Å². The van der Waals surface area contributed by atoms with Gasteiger partial charge in [0.2, 0.25) is 5.91 Å². The van der Waals surface area contributed by atoms with E-state index >= 15 is 0 Å². The minimum absolute atomic E-state index is 0.0679. The van der Waals surface area contributed by atoms with Crippen molar-refractivity contribution in [1.29, 1.82) is 0 Å². The zero-order chi connectivity index (χ0) is 24.0. The van der Waals surface area contributed by atoms with Crippen LogP contribution in [0, 0.1) is 0 Å². The third-order valence-electron chi connectivity index (χ3n) is 5.24. The zero-order valence-electron chi connectivity index (χ0n) is 19.0. The molecule has 0 heterocycles. The first-order chi connectivity index (χ1) is 15.6. The lowest BCUT2D eigenvalue weighted by Crippen LogP contribution is -2.33. The monoisotopic (exact) mass is 464 g/mol. The summed E-state index contributed by atoms with van der Waals surface area (Å²) in [6.07, 6.45) is 1.18. The first kappa shape index (κ1) is 24.2. The van der Waals surface area contributed by atoms with Crippen molar-refractivity contribution < 1.29 is 18.0 Å². The molecule has 1 N–H and O–H groups in total. The first-order valence-corrected chi connectivity index (χ1v) is 12.7. The molecule has 0 fully saturated rings. The fourth-order valence-electron chi connectivity index (χ4n) is 3.64. The predicted octanol–water partition coefficient (Wildman–Crippen LogP) is 4.59. The molecule has 0 aliphatic rings. The van der Waals surface area contributed by atoms with Crippen LogP contribution in [0.4, 0.5) is 5.69 Å². The van der Waals surface area contributed by atoms with Crippen molar-refractivity contribution in [2.45, 2.75) is 32.2 Å². The molecule has 0 saturated carbocycles. The highest BCUT2D eigenvalue weighted by Gasteiger charge is 2.23. The smallest absolute Gasteiger partial charge is 0.254 e. The average Bonchev–Trinajstić information content (AvgIpc) is 2.76. The van der Waals surface area contributed by atoms with Crippen molar-refractivity contribution in [2.75, 3.05) is 11.6 Å². The lowest BCUT2D eigenvalue weighted by atomic mass is 10.0. The molecule has 6 nitrogen and oxygen atoms in total. The van der Waals surface area contributed by atoms with Crippen LogP contribution in [0.25, 0.3) is 0 Å². The second-order valence-corrected chi connectivity index (χ2v) is 10.3. The summed E-state index contributed by atoms with van der Waals surface area (Å²) in [5.74, 6) is -0.393. The molecular weight excluding hydrogens is 436 g/mol. The maximum atomic E-state index is 13.6. The minimum Gasteiger partial charge on any atom is -0.328 e. The number of sulfone groups is 1. The predicted molar refractivity (Wildman–Crippen MR) is 130 cm³/mol. The van der Waals surface area contributed by atoms with Crippen molar-refractivity contribution in [3.63, 3.8) is 0 Å². The van der Waals surface area contributed by atoms with E-state index < -0.39 is 9.84 Å². The summed E-state index contributed by atoms with van der Waals surface area (Å²) in [6, 6.07) is 23.6. The molecule has 2 amide bonds. The summed E-state index contributed by atoms with van der Waals surface area (Å²) in [4.78, 5) is 26.8. The highest BCUT2D eigenvalue weighted by Crippen LogP contribution is 2.27. The van der Waals surface area contributed by atoms with Gasteiger partial charge in [0.25, 0.3) is 5.91 Å². The van der Waals surface area contributed by atoms with Gasteiger partial charge < -0.3 is 10.2 Å². The third-order valence-corrected chi connectivity index (χ3v) is 6.10. The summed E-state index contributed by atoms with van der Waals surface area (Å²) in [6.45, 7) is 3.80. The van der Waals surface area contributed by atoms with Crippen LogP contribution in [0.15, 0.2) is 78.9 Å². The van der Waals surface area contributed by atoms with Crippen molar-refractivity contribution >= 4 is 27.3 Å². The fourth-order valence-corrected chi connectivity index (χ4v) is 4.43. The van der Waals surface area contributed by atoms with Gasteiger partial charge in [-0.1, -0.05) is 54.6 Å². The van der Waals surface area contributed by atoms with E-state index in [0.29, 0.717) is 23.4 Å². The molecule has 3 rings (SSSR count). The third kappa shape index (κ3) is 7.02. The number of amides is 2. The molecule has 172 valence electrons. The van der Waals surface area contributed by atoms with Crippen molar-refractivity contribution in [3.8, 4) is 0 Å². The van der Waals surface area contributed by atoms with Gasteiger partial charge in [-0.3, -0.25) is 9.59 Å². The van der Waals surface area contributed by atoms with Crippen LogP contribution in [0.3, 0.4) is 0 Å². The summed E-state index contributed by atoms with van der Waals surface area (Å²) in [7, 11) is -3.15. The van der Waals surface area contributed by atoms with Gasteiger partial charge in [0.15, 0.2) is 9.84 Å². The first-order valence-electron chi connectivity index (χ1n) is 10.6. The Bertz CT molecular complexity index is 1220. The number of rotatable bonds is 8. The van der Waals surface area contributed by atoms with Gasteiger partial charge in [-0.15, -0.1) is 0 Å². The second kappa shape index (κ2) is 10.4. The number of nitrogens with zero attached hydrogens (tertiary/aromatic N) is 1. The molecule has 0 spiro atoms. The fraction of sp³-hybridized carbons (Fsp3) is 0.231. The molecule has 0 saturated heterocycles. The quantitative estimate of drug-likeness (QED) is 0.528. The Hall–Kier alpha value is -3.45.